The first-order valence-corrected chi connectivity index (χ1v) is 5.57. The number of carbonyl (C=O) groups is 2. The first-order valence-electron chi connectivity index (χ1n) is 5.57. The molecule has 1 aromatic carbocycles. The van der Waals surface area contributed by atoms with Crippen LogP contribution in [0.3, 0.4) is 0 Å². The van der Waals surface area contributed by atoms with Gasteiger partial charge in [-0.2, -0.15) is 0 Å². The summed E-state index contributed by atoms with van der Waals surface area (Å²) >= 11 is 0. The number of nitrogens with two attached hydrogens (primary N) is 2. The minimum Gasteiger partial charge on any atom is -0.480 e. The zero-order valence-corrected chi connectivity index (χ0v) is 9.87. The lowest BCUT2D eigenvalue weighted by molar-refractivity contribution is -0.141. The summed E-state index contributed by atoms with van der Waals surface area (Å²) in [6, 6.07) is 7.15. The molecule has 0 aliphatic heterocycles. The van der Waals surface area contributed by atoms with Gasteiger partial charge in [0.1, 0.15) is 6.04 Å². The summed E-state index contributed by atoms with van der Waals surface area (Å²) in [7, 11) is 0. The van der Waals surface area contributed by atoms with Crippen LogP contribution in [0.15, 0.2) is 30.3 Å². The molecule has 1 rings (SSSR count). The summed E-state index contributed by atoms with van der Waals surface area (Å²) in [4.78, 5) is 22.6. The Morgan fingerprint density at radius 2 is 1.89 bits per heavy atom. The highest BCUT2D eigenvalue weighted by Gasteiger charge is 2.22. The number of nitrogens with one attached hydrogen (secondary N) is 1. The maximum absolute atomic E-state index is 11.5. The number of carboxylic acid groups (broad SMARTS) is 1. The Hall–Kier alpha value is -1.92. The number of hydrogen-bond acceptors (Lipinski definition) is 4. The van der Waals surface area contributed by atoms with Crippen molar-refractivity contribution in [2.24, 2.45) is 11.5 Å². The highest BCUT2D eigenvalue weighted by Crippen LogP contribution is 2.03. The van der Waals surface area contributed by atoms with E-state index in [2.05, 4.69) is 5.32 Å². The number of amides is 1. The molecule has 0 fully saturated rings. The number of carboxylic acids is 1. The topological polar surface area (TPSA) is 118 Å². The van der Waals surface area contributed by atoms with Crippen molar-refractivity contribution in [3.8, 4) is 0 Å². The standard InChI is InChI=1S/C12H17N3O3/c13-7-9(14)11(16)15-10(12(17)18)6-8-4-2-1-3-5-8/h1-5,9-10H,6-7,13-14H2,(H,15,16)(H,17,18)/t9-,10-/m0/s1. The molecule has 6 nitrogen and oxygen atoms in total. The van der Waals surface area contributed by atoms with Gasteiger partial charge in [0.05, 0.1) is 6.04 Å². The lowest BCUT2D eigenvalue weighted by atomic mass is 10.1. The van der Waals surface area contributed by atoms with Crippen LogP contribution < -0.4 is 16.8 Å². The average molecular weight is 251 g/mol. The molecule has 0 spiro atoms. The Morgan fingerprint density at radius 3 is 2.39 bits per heavy atom. The maximum Gasteiger partial charge on any atom is 0.326 e. The van der Waals surface area contributed by atoms with Gasteiger partial charge in [-0.1, -0.05) is 30.3 Å². The third-order valence-electron chi connectivity index (χ3n) is 2.49. The second-order valence-corrected chi connectivity index (χ2v) is 3.93. The minimum absolute atomic E-state index is 0.0243. The SMILES string of the molecule is NC[C@H](N)C(=O)N[C@@H](Cc1ccccc1)C(=O)O. The van der Waals surface area contributed by atoms with Gasteiger partial charge in [-0.25, -0.2) is 4.79 Å². The molecule has 98 valence electrons. The van der Waals surface area contributed by atoms with Crippen molar-refractivity contribution in [2.75, 3.05) is 6.54 Å². The van der Waals surface area contributed by atoms with Gasteiger partial charge in [-0.3, -0.25) is 4.79 Å². The fourth-order valence-electron chi connectivity index (χ4n) is 1.44. The lowest BCUT2D eigenvalue weighted by Gasteiger charge is -2.17. The van der Waals surface area contributed by atoms with E-state index in [1.807, 2.05) is 18.2 Å². The van der Waals surface area contributed by atoms with Gasteiger partial charge in [0.2, 0.25) is 5.91 Å². The van der Waals surface area contributed by atoms with Crippen molar-refractivity contribution in [3.05, 3.63) is 35.9 Å². The monoisotopic (exact) mass is 251 g/mol. The molecule has 6 N–H and O–H groups in total. The summed E-state index contributed by atoms with van der Waals surface area (Å²) < 4.78 is 0. The van der Waals surface area contributed by atoms with E-state index in [1.54, 1.807) is 12.1 Å². The number of aliphatic carboxylic acids is 1. The Bertz CT molecular complexity index is 408. The minimum atomic E-state index is -1.10. The summed E-state index contributed by atoms with van der Waals surface area (Å²) in [5, 5.41) is 11.4. The van der Waals surface area contributed by atoms with E-state index in [1.165, 1.54) is 0 Å². The predicted octanol–water partition coefficient (Wildman–Crippen LogP) is -0.915. The molecule has 1 amide bonds. The fourth-order valence-corrected chi connectivity index (χ4v) is 1.44. The molecule has 1 aromatic rings. The van der Waals surface area contributed by atoms with Gasteiger partial charge in [0, 0.05) is 13.0 Å². The van der Waals surface area contributed by atoms with E-state index < -0.39 is 24.0 Å². The van der Waals surface area contributed by atoms with Crippen molar-refractivity contribution < 1.29 is 14.7 Å². The van der Waals surface area contributed by atoms with Gasteiger partial charge in [-0.05, 0) is 5.56 Å². The molecule has 0 saturated carbocycles. The van der Waals surface area contributed by atoms with E-state index in [0.717, 1.165) is 5.56 Å². The molecule has 0 radical (unpaired) electrons. The molecule has 2 atom stereocenters. The van der Waals surface area contributed by atoms with E-state index in [4.69, 9.17) is 16.6 Å². The van der Waals surface area contributed by atoms with Gasteiger partial charge >= 0.3 is 5.97 Å². The van der Waals surface area contributed by atoms with E-state index >= 15 is 0 Å². The van der Waals surface area contributed by atoms with Crippen LogP contribution in [0.5, 0.6) is 0 Å². The molecule has 18 heavy (non-hydrogen) atoms. The zero-order chi connectivity index (χ0) is 13.5. The van der Waals surface area contributed by atoms with Crippen LogP contribution in [-0.2, 0) is 16.0 Å². The molecule has 0 unspecified atom stereocenters. The van der Waals surface area contributed by atoms with Crippen LogP contribution in [0, 0.1) is 0 Å². The quantitative estimate of drug-likeness (QED) is 0.521. The molecule has 0 saturated heterocycles. The van der Waals surface area contributed by atoms with Crippen LogP contribution in [0.4, 0.5) is 0 Å². The summed E-state index contributed by atoms with van der Waals surface area (Å²) in [6.07, 6.45) is 0.208. The smallest absolute Gasteiger partial charge is 0.326 e. The number of benzene rings is 1. The molecule has 0 heterocycles. The summed E-state index contributed by atoms with van der Waals surface area (Å²) in [5.74, 6) is -1.66. The molecule has 0 bridgehead atoms. The van der Waals surface area contributed by atoms with Crippen LogP contribution in [-0.4, -0.2) is 35.6 Å². The lowest BCUT2D eigenvalue weighted by Crippen LogP contribution is -2.51. The van der Waals surface area contributed by atoms with E-state index in [0.29, 0.717) is 0 Å². The molecule has 0 aliphatic rings. The zero-order valence-electron chi connectivity index (χ0n) is 9.87. The maximum atomic E-state index is 11.5. The summed E-state index contributed by atoms with van der Waals surface area (Å²) in [5.41, 5.74) is 11.5. The first-order chi connectivity index (χ1) is 8.54. The molecule has 0 aliphatic carbocycles. The van der Waals surface area contributed by atoms with Gasteiger partial charge in [-0.15, -0.1) is 0 Å². The van der Waals surface area contributed by atoms with Gasteiger partial charge < -0.3 is 21.9 Å². The first kappa shape index (κ1) is 14.1. The molecule has 0 aromatic heterocycles. The van der Waals surface area contributed by atoms with Crippen molar-refractivity contribution in [1.29, 1.82) is 0 Å². The third-order valence-corrected chi connectivity index (χ3v) is 2.49. The Morgan fingerprint density at radius 1 is 1.28 bits per heavy atom. The Balaban J connectivity index is 2.67. The number of hydrogen-bond donors (Lipinski definition) is 4. The van der Waals surface area contributed by atoms with E-state index in [-0.39, 0.29) is 13.0 Å². The highest BCUT2D eigenvalue weighted by molar-refractivity contribution is 5.87. The Kier molecular flexibility index (Phi) is 5.29. The molecular weight excluding hydrogens is 234 g/mol. The highest BCUT2D eigenvalue weighted by atomic mass is 16.4. The number of carbonyl (C=O) groups excluding carboxylic acids is 1. The van der Waals surface area contributed by atoms with Gasteiger partial charge in [0.25, 0.3) is 0 Å². The second kappa shape index (κ2) is 6.73. The molecular formula is C12H17N3O3. The van der Waals surface area contributed by atoms with Crippen LogP contribution in [0.2, 0.25) is 0 Å². The average Bonchev–Trinajstić information content (AvgIpc) is 2.37. The normalized spacial score (nSPS) is 13.7. The van der Waals surface area contributed by atoms with Crippen molar-refractivity contribution in [3.63, 3.8) is 0 Å². The number of rotatable bonds is 6. The Labute approximate surface area is 105 Å². The van der Waals surface area contributed by atoms with E-state index in [9.17, 15) is 9.59 Å². The van der Waals surface area contributed by atoms with Crippen molar-refractivity contribution >= 4 is 11.9 Å². The molecule has 6 heteroatoms. The van der Waals surface area contributed by atoms with Crippen LogP contribution in [0.25, 0.3) is 0 Å². The van der Waals surface area contributed by atoms with Crippen LogP contribution in [0.1, 0.15) is 5.56 Å². The second-order valence-electron chi connectivity index (χ2n) is 3.93. The fraction of sp³-hybridized carbons (Fsp3) is 0.333. The van der Waals surface area contributed by atoms with Crippen molar-refractivity contribution in [2.45, 2.75) is 18.5 Å². The van der Waals surface area contributed by atoms with Crippen molar-refractivity contribution in [1.82, 2.24) is 5.32 Å². The third kappa shape index (κ3) is 4.15. The van der Waals surface area contributed by atoms with Gasteiger partial charge in [0.15, 0.2) is 0 Å². The predicted molar refractivity (Wildman–Crippen MR) is 66.7 cm³/mol. The van der Waals surface area contributed by atoms with Crippen LogP contribution >= 0.6 is 0 Å². The summed E-state index contributed by atoms with van der Waals surface area (Å²) in [6.45, 7) is -0.0243. The largest absolute Gasteiger partial charge is 0.480 e.